The maximum Gasteiger partial charge on any atom is 0.303 e. The fraction of sp³-hybridized carbons (Fsp3) is 0.750. The number of nitrogens with one attached hydrogen (secondary N) is 1. The molecule has 0 rings (SSSR count). The van der Waals surface area contributed by atoms with Crippen molar-refractivity contribution in [3.05, 3.63) is 0 Å². The van der Waals surface area contributed by atoms with Crippen LogP contribution in [0.3, 0.4) is 0 Å². The molecule has 0 saturated carbocycles. The van der Waals surface area contributed by atoms with Gasteiger partial charge >= 0.3 is 5.97 Å². The lowest BCUT2D eigenvalue weighted by molar-refractivity contribution is -0.166. The van der Waals surface area contributed by atoms with Gasteiger partial charge < -0.3 is 5.11 Å². The molecule has 7 nitrogen and oxygen atoms in total. The fourth-order valence-corrected chi connectivity index (χ4v) is 0.920. The van der Waals surface area contributed by atoms with Crippen LogP contribution in [0.5, 0.6) is 0 Å². The molecule has 0 aliphatic rings. The van der Waals surface area contributed by atoms with E-state index in [1.807, 2.05) is 0 Å². The van der Waals surface area contributed by atoms with Crippen molar-refractivity contribution in [2.75, 3.05) is 13.1 Å². The van der Waals surface area contributed by atoms with E-state index in [1.165, 1.54) is 0 Å². The van der Waals surface area contributed by atoms with E-state index in [-0.39, 0.29) is 19.4 Å². The number of carboxylic acid groups (broad SMARTS) is 1. The van der Waals surface area contributed by atoms with E-state index in [2.05, 4.69) is 5.11 Å². The molecule has 0 heterocycles. The number of carboxylic acids is 1. The first-order chi connectivity index (χ1) is 7.07. The zero-order chi connectivity index (χ0) is 11.7. The smallest absolute Gasteiger partial charge is 0.303 e. The summed E-state index contributed by atoms with van der Waals surface area (Å²) in [7, 11) is 0. The molecule has 1 amide bonds. The number of amides is 1. The van der Waals surface area contributed by atoms with E-state index in [4.69, 9.17) is 15.8 Å². The number of hydroxylamine groups is 2. The predicted molar refractivity (Wildman–Crippen MR) is 49.6 cm³/mol. The standard InChI is InChI=1S/C8H15N3O4/c9-10-5-1-2-6-11(15)7(12)3-4-8(13)14/h9,15H,1-6H2,(H,13,14). The summed E-state index contributed by atoms with van der Waals surface area (Å²) < 4.78 is 0. The van der Waals surface area contributed by atoms with Crippen LogP contribution in [0.1, 0.15) is 25.7 Å². The van der Waals surface area contributed by atoms with Gasteiger partial charge in [0, 0.05) is 13.0 Å². The number of carbonyl (C=O) groups excluding carboxylic acids is 1. The Morgan fingerprint density at radius 3 is 2.47 bits per heavy atom. The van der Waals surface area contributed by atoms with Crippen molar-refractivity contribution < 1.29 is 19.9 Å². The van der Waals surface area contributed by atoms with Gasteiger partial charge in [0.25, 0.3) is 0 Å². The summed E-state index contributed by atoms with van der Waals surface area (Å²) in [6, 6.07) is 0. The molecule has 86 valence electrons. The molecule has 0 bridgehead atoms. The molecular weight excluding hydrogens is 202 g/mol. The molecule has 7 heteroatoms. The van der Waals surface area contributed by atoms with Crippen molar-refractivity contribution in [1.82, 2.24) is 5.06 Å². The Morgan fingerprint density at radius 2 is 1.93 bits per heavy atom. The van der Waals surface area contributed by atoms with Crippen molar-refractivity contribution in [1.29, 1.82) is 5.53 Å². The van der Waals surface area contributed by atoms with Crippen LogP contribution in [-0.4, -0.2) is 40.3 Å². The molecule has 0 fully saturated rings. The van der Waals surface area contributed by atoms with Gasteiger partial charge in [0.05, 0.1) is 13.0 Å². The summed E-state index contributed by atoms with van der Waals surface area (Å²) in [5, 5.41) is 21.1. The molecule has 0 aromatic heterocycles. The third-order valence-corrected chi connectivity index (χ3v) is 1.73. The minimum Gasteiger partial charge on any atom is -0.481 e. The van der Waals surface area contributed by atoms with Crippen LogP contribution in [0.15, 0.2) is 5.11 Å². The quantitative estimate of drug-likeness (QED) is 0.242. The van der Waals surface area contributed by atoms with Gasteiger partial charge in [0.15, 0.2) is 0 Å². The third-order valence-electron chi connectivity index (χ3n) is 1.73. The van der Waals surface area contributed by atoms with Gasteiger partial charge in [-0.05, 0) is 12.8 Å². The highest BCUT2D eigenvalue weighted by Crippen LogP contribution is 1.98. The average Bonchev–Trinajstić information content (AvgIpc) is 2.20. The van der Waals surface area contributed by atoms with Crippen LogP contribution >= 0.6 is 0 Å². The van der Waals surface area contributed by atoms with Crippen LogP contribution in [0.25, 0.3) is 0 Å². The second-order valence-corrected chi connectivity index (χ2v) is 3.00. The van der Waals surface area contributed by atoms with Crippen molar-refractivity contribution in [2.45, 2.75) is 25.7 Å². The molecule has 0 saturated heterocycles. The predicted octanol–water partition coefficient (Wildman–Crippen LogP) is 0.880. The van der Waals surface area contributed by atoms with Crippen LogP contribution in [0, 0.1) is 5.53 Å². The van der Waals surface area contributed by atoms with Gasteiger partial charge in [-0.2, -0.15) is 5.11 Å². The van der Waals surface area contributed by atoms with Crippen LogP contribution in [-0.2, 0) is 9.59 Å². The van der Waals surface area contributed by atoms with Crippen LogP contribution in [0.2, 0.25) is 0 Å². The summed E-state index contributed by atoms with van der Waals surface area (Å²) in [6.07, 6.45) is 0.678. The summed E-state index contributed by atoms with van der Waals surface area (Å²) in [6.45, 7) is 0.519. The minimum absolute atomic E-state index is 0.147. The first-order valence-corrected chi connectivity index (χ1v) is 4.62. The maximum atomic E-state index is 11.1. The van der Waals surface area contributed by atoms with Crippen molar-refractivity contribution in [2.24, 2.45) is 5.11 Å². The van der Waals surface area contributed by atoms with E-state index in [9.17, 15) is 9.59 Å². The Kier molecular flexibility index (Phi) is 7.08. The second kappa shape index (κ2) is 7.86. The molecule has 0 aromatic rings. The molecule has 3 N–H and O–H groups in total. The van der Waals surface area contributed by atoms with Gasteiger partial charge in [-0.25, -0.2) is 10.6 Å². The highest BCUT2D eigenvalue weighted by molar-refractivity contribution is 5.79. The summed E-state index contributed by atoms with van der Waals surface area (Å²) in [5.41, 5.74) is 6.50. The molecule has 0 spiro atoms. The lowest BCUT2D eigenvalue weighted by Crippen LogP contribution is -2.28. The maximum absolute atomic E-state index is 11.1. The minimum atomic E-state index is -1.07. The second-order valence-electron chi connectivity index (χ2n) is 3.00. The first-order valence-electron chi connectivity index (χ1n) is 4.62. The number of hydrogen-bond acceptors (Lipinski definition) is 5. The first kappa shape index (κ1) is 13.5. The monoisotopic (exact) mass is 217 g/mol. The molecule has 0 atom stereocenters. The SMILES string of the molecule is N=NCCCCN(O)C(=O)CCC(=O)O. The summed E-state index contributed by atoms with van der Waals surface area (Å²) in [4.78, 5) is 21.2. The highest BCUT2D eigenvalue weighted by Gasteiger charge is 2.11. The van der Waals surface area contributed by atoms with E-state index >= 15 is 0 Å². The van der Waals surface area contributed by atoms with Gasteiger partial charge in [-0.15, -0.1) is 0 Å². The molecule has 0 radical (unpaired) electrons. The van der Waals surface area contributed by atoms with E-state index in [0.717, 1.165) is 0 Å². The third kappa shape index (κ3) is 7.56. The number of nitrogens with zero attached hydrogens (tertiary/aromatic N) is 2. The molecule has 0 unspecified atom stereocenters. The Hall–Kier alpha value is -1.50. The molecule has 0 aliphatic carbocycles. The fourth-order valence-electron chi connectivity index (χ4n) is 0.920. The van der Waals surface area contributed by atoms with Crippen molar-refractivity contribution in [3.63, 3.8) is 0 Å². The molecular formula is C8H15N3O4. The molecule has 0 aliphatic heterocycles. The van der Waals surface area contributed by atoms with E-state index < -0.39 is 11.9 Å². The van der Waals surface area contributed by atoms with Gasteiger partial charge in [-0.3, -0.25) is 14.8 Å². The summed E-state index contributed by atoms with van der Waals surface area (Å²) >= 11 is 0. The summed E-state index contributed by atoms with van der Waals surface area (Å²) in [5.74, 6) is -1.66. The van der Waals surface area contributed by atoms with Crippen molar-refractivity contribution in [3.8, 4) is 0 Å². The Labute approximate surface area is 87.2 Å². The topological polar surface area (TPSA) is 114 Å². The molecule has 15 heavy (non-hydrogen) atoms. The van der Waals surface area contributed by atoms with Crippen LogP contribution < -0.4 is 0 Å². The number of hydrogen-bond donors (Lipinski definition) is 3. The van der Waals surface area contributed by atoms with Gasteiger partial charge in [0.1, 0.15) is 0 Å². The van der Waals surface area contributed by atoms with Crippen LogP contribution in [0.4, 0.5) is 0 Å². The van der Waals surface area contributed by atoms with Crippen molar-refractivity contribution >= 4 is 11.9 Å². The molecule has 0 aromatic carbocycles. The van der Waals surface area contributed by atoms with E-state index in [0.29, 0.717) is 24.4 Å². The highest BCUT2D eigenvalue weighted by atomic mass is 16.5. The van der Waals surface area contributed by atoms with Gasteiger partial charge in [-0.1, -0.05) is 0 Å². The van der Waals surface area contributed by atoms with E-state index in [1.54, 1.807) is 0 Å². The Balaban J connectivity index is 3.59. The Bertz CT molecular complexity index is 232. The lowest BCUT2D eigenvalue weighted by atomic mass is 10.2. The largest absolute Gasteiger partial charge is 0.481 e. The lowest BCUT2D eigenvalue weighted by Gasteiger charge is -2.13. The number of carbonyl (C=O) groups is 2. The zero-order valence-electron chi connectivity index (χ0n) is 8.35. The van der Waals surface area contributed by atoms with Gasteiger partial charge in [0.2, 0.25) is 5.91 Å². The normalized spacial score (nSPS) is 9.67. The average molecular weight is 217 g/mol. The number of aliphatic carboxylic acids is 1. The number of unbranched alkanes of at least 4 members (excludes halogenated alkanes) is 1. The Morgan fingerprint density at radius 1 is 1.27 bits per heavy atom. The zero-order valence-corrected chi connectivity index (χ0v) is 8.35. The number of rotatable bonds is 8.